The van der Waals surface area contributed by atoms with E-state index in [2.05, 4.69) is 27.7 Å². The van der Waals surface area contributed by atoms with Gasteiger partial charge in [0.25, 0.3) is 0 Å². The number of hydrogen-bond acceptors (Lipinski definition) is 2. The van der Waals surface area contributed by atoms with Crippen LogP contribution in [0.4, 0.5) is 0 Å². The van der Waals surface area contributed by atoms with Gasteiger partial charge in [-0.1, -0.05) is 32.6 Å². The molecule has 2 N–H and O–H groups in total. The van der Waals surface area contributed by atoms with Crippen LogP contribution in [0.3, 0.4) is 0 Å². The van der Waals surface area contributed by atoms with E-state index in [9.17, 15) is 5.11 Å². The molecular weight excluding hydrogens is 214 g/mol. The van der Waals surface area contributed by atoms with Crippen molar-refractivity contribution in [2.45, 2.75) is 65.9 Å². The van der Waals surface area contributed by atoms with Gasteiger partial charge in [0.15, 0.2) is 0 Å². The van der Waals surface area contributed by atoms with Gasteiger partial charge in [-0.15, -0.1) is 0 Å². The average molecular weight is 247 g/mol. The number of likely N-dealkylation sites (N-methyl/N-ethyl adjacent to an activating group) is 1. The molecule has 3 nitrogen and oxygen atoms in total. The highest BCUT2D eigenvalue weighted by Gasteiger charge is 2.24. The highest BCUT2D eigenvalue weighted by Crippen LogP contribution is 2.12. The fourth-order valence-corrected chi connectivity index (χ4v) is 2.40. The van der Waals surface area contributed by atoms with Crippen molar-refractivity contribution in [1.82, 2.24) is 0 Å². The van der Waals surface area contributed by atoms with Crippen LogP contribution in [0.25, 0.3) is 0 Å². The van der Waals surface area contributed by atoms with E-state index in [1.165, 1.54) is 25.7 Å². The van der Waals surface area contributed by atoms with E-state index < -0.39 is 0 Å². The smallest absolute Gasteiger partial charge is 0.105 e. The van der Waals surface area contributed by atoms with Crippen LogP contribution in [0.15, 0.2) is 0 Å². The molecule has 17 heavy (non-hydrogen) atoms. The third-order valence-electron chi connectivity index (χ3n) is 4.00. The molecule has 0 saturated heterocycles. The predicted molar refractivity (Wildman–Crippen MR) is 73.5 cm³/mol. The van der Waals surface area contributed by atoms with Crippen molar-refractivity contribution in [2.24, 2.45) is 0 Å². The highest BCUT2D eigenvalue weighted by atomic mass is 16.3. The van der Waals surface area contributed by atoms with Gasteiger partial charge >= 0.3 is 0 Å². The molecule has 0 amide bonds. The second-order valence-corrected chi connectivity index (χ2v) is 4.98. The molecule has 1 unspecified atom stereocenters. The van der Waals surface area contributed by atoms with Crippen molar-refractivity contribution in [1.29, 1.82) is 0 Å². The van der Waals surface area contributed by atoms with E-state index in [-0.39, 0.29) is 11.6 Å². The lowest BCUT2D eigenvalue weighted by molar-refractivity contribution is -0.926. The number of aliphatic hydroxyl groups excluding tert-OH is 1. The summed E-state index contributed by atoms with van der Waals surface area (Å²) < 4.78 is 1.06. The highest BCUT2D eigenvalue weighted by molar-refractivity contribution is 4.56. The second kappa shape index (κ2) is 11.0. The van der Waals surface area contributed by atoms with E-state index in [0.717, 1.165) is 37.1 Å². The lowest BCUT2D eigenvalue weighted by atomic mass is 10.1. The van der Waals surface area contributed by atoms with Crippen molar-refractivity contribution in [3.05, 3.63) is 0 Å². The van der Waals surface area contributed by atoms with Crippen molar-refractivity contribution in [2.75, 3.05) is 26.2 Å². The molecule has 0 fully saturated rings. The summed E-state index contributed by atoms with van der Waals surface area (Å²) in [7, 11) is 0. The van der Waals surface area contributed by atoms with Crippen LogP contribution in [-0.2, 0) is 0 Å². The quantitative estimate of drug-likeness (QED) is 0.476. The first-order valence-corrected chi connectivity index (χ1v) is 7.17. The molecule has 3 heteroatoms. The van der Waals surface area contributed by atoms with Crippen LogP contribution >= 0.6 is 0 Å². The number of quaternary nitrogens is 1. The third kappa shape index (κ3) is 7.74. The molecule has 0 heterocycles. The summed E-state index contributed by atoms with van der Waals surface area (Å²) in [6.45, 7) is 13.3. The van der Waals surface area contributed by atoms with E-state index in [0.29, 0.717) is 0 Å². The largest absolute Gasteiger partial charge is 0.870 e. The van der Waals surface area contributed by atoms with Crippen LogP contribution in [0.2, 0.25) is 0 Å². The first kappa shape index (κ1) is 19.2. The Kier molecular flexibility index (Phi) is 12.4. The zero-order valence-corrected chi connectivity index (χ0v) is 12.3. The molecular formula is C14H33NO2. The zero-order valence-electron chi connectivity index (χ0n) is 12.3. The summed E-state index contributed by atoms with van der Waals surface area (Å²) in [4.78, 5) is 0. The monoisotopic (exact) mass is 247 g/mol. The van der Waals surface area contributed by atoms with Gasteiger partial charge in [0.2, 0.25) is 0 Å². The SMILES string of the molecule is CCCCCCC(O)C[N+](CC)(CC)CC.[OH-]. The Hall–Kier alpha value is -0.120. The lowest BCUT2D eigenvalue weighted by Crippen LogP contribution is -2.51. The van der Waals surface area contributed by atoms with Gasteiger partial charge in [-0.2, -0.15) is 0 Å². The Labute approximate surface area is 108 Å². The van der Waals surface area contributed by atoms with Gasteiger partial charge in [-0.05, 0) is 27.2 Å². The number of aliphatic hydroxyl groups is 1. The first-order valence-electron chi connectivity index (χ1n) is 7.17. The Morgan fingerprint density at radius 3 is 1.82 bits per heavy atom. The predicted octanol–water partition coefficient (Wildman–Crippen LogP) is 3.02. The minimum atomic E-state index is -0.100. The van der Waals surface area contributed by atoms with Crippen LogP contribution in [-0.4, -0.2) is 47.3 Å². The van der Waals surface area contributed by atoms with E-state index in [1.807, 2.05) is 0 Å². The van der Waals surface area contributed by atoms with Crippen molar-refractivity contribution in [3.63, 3.8) is 0 Å². The number of unbranched alkanes of at least 4 members (excludes halogenated alkanes) is 3. The maximum Gasteiger partial charge on any atom is 0.105 e. The van der Waals surface area contributed by atoms with Crippen LogP contribution in [0.1, 0.15) is 59.8 Å². The standard InChI is InChI=1S/C14H32NO.H2O/c1-5-9-10-11-12-14(16)13-15(6-2,7-3)8-4;/h14,16H,5-13H2,1-4H3;1H2/q+1;/p-1. The number of rotatable bonds is 10. The molecule has 106 valence electrons. The minimum absolute atomic E-state index is 0. The lowest BCUT2D eigenvalue weighted by Gasteiger charge is -2.37. The summed E-state index contributed by atoms with van der Waals surface area (Å²) in [6, 6.07) is 0. The van der Waals surface area contributed by atoms with Crippen LogP contribution < -0.4 is 0 Å². The molecule has 0 aliphatic heterocycles. The Balaban J connectivity index is 0. The number of hydrogen-bond donors (Lipinski definition) is 1. The molecule has 0 spiro atoms. The maximum absolute atomic E-state index is 10.1. The van der Waals surface area contributed by atoms with E-state index >= 15 is 0 Å². The summed E-state index contributed by atoms with van der Waals surface area (Å²) in [6.07, 6.45) is 5.93. The summed E-state index contributed by atoms with van der Waals surface area (Å²) in [5.74, 6) is 0. The zero-order chi connectivity index (χ0) is 12.4. The summed E-state index contributed by atoms with van der Waals surface area (Å²) in [5, 5.41) is 10.1. The average Bonchev–Trinajstić information content (AvgIpc) is 2.32. The molecule has 0 aliphatic rings. The van der Waals surface area contributed by atoms with Crippen molar-refractivity contribution in [3.8, 4) is 0 Å². The van der Waals surface area contributed by atoms with Gasteiger partial charge < -0.3 is 15.1 Å². The first-order chi connectivity index (χ1) is 7.64. The molecule has 0 rings (SSSR count). The number of nitrogens with zero attached hydrogens (tertiary/aromatic N) is 1. The third-order valence-corrected chi connectivity index (χ3v) is 4.00. The van der Waals surface area contributed by atoms with Gasteiger partial charge in [0.05, 0.1) is 19.6 Å². The van der Waals surface area contributed by atoms with E-state index in [1.54, 1.807) is 0 Å². The van der Waals surface area contributed by atoms with Crippen molar-refractivity contribution < 1.29 is 15.1 Å². The van der Waals surface area contributed by atoms with Gasteiger partial charge in [-0.3, -0.25) is 0 Å². The maximum atomic E-state index is 10.1. The molecule has 0 aromatic heterocycles. The molecule has 0 bridgehead atoms. The summed E-state index contributed by atoms with van der Waals surface area (Å²) >= 11 is 0. The molecule has 0 aliphatic carbocycles. The normalized spacial score (nSPS) is 13.2. The van der Waals surface area contributed by atoms with Crippen LogP contribution in [0.5, 0.6) is 0 Å². The molecule has 0 aromatic rings. The van der Waals surface area contributed by atoms with Gasteiger partial charge in [-0.25, -0.2) is 0 Å². The Morgan fingerprint density at radius 1 is 0.882 bits per heavy atom. The molecule has 1 atom stereocenters. The molecule has 0 saturated carbocycles. The molecule has 0 aromatic carbocycles. The van der Waals surface area contributed by atoms with Gasteiger partial charge in [0, 0.05) is 0 Å². The molecule has 0 radical (unpaired) electrons. The summed E-state index contributed by atoms with van der Waals surface area (Å²) in [5.41, 5.74) is 0. The van der Waals surface area contributed by atoms with Gasteiger partial charge in [0.1, 0.15) is 12.6 Å². The fraction of sp³-hybridized carbons (Fsp3) is 1.00. The fourth-order valence-electron chi connectivity index (χ4n) is 2.40. The Bertz CT molecular complexity index is 150. The van der Waals surface area contributed by atoms with E-state index in [4.69, 9.17) is 0 Å². The van der Waals surface area contributed by atoms with Crippen molar-refractivity contribution >= 4 is 0 Å². The minimum Gasteiger partial charge on any atom is -0.870 e. The second-order valence-electron chi connectivity index (χ2n) is 4.98. The van der Waals surface area contributed by atoms with Crippen LogP contribution in [0, 0.1) is 0 Å². The Morgan fingerprint density at radius 2 is 1.41 bits per heavy atom. The topological polar surface area (TPSA) is 50.2 Å².